The van der Waals surface area contributed by atoms with Crippen molar-refractivity contribution in [3.05, 3.63) is 114 Å². The number of methoxy groups -OCH3 is 1. The molecule has 1 N–H and O–H groups in total. The number of nitrogens with one attached hydrogen (secondary N) is 1. The second-order valence-corrected chi connectivity index (χ2v) is 14.3. The quantitative estimate of drug-likeness (QED) is 0.207. The van der Waals surface area contributed by atoms with Crippen molar-refractivity contribution < 1.29 is 30.4 Å². The molecular weight excluding hydrogens is 637 g/mol. The van der Waals surface area contributed by atoms with Gasteiger partial charge in [-0.3, -0.25) is 9.40 Å². The Labute approximate surface area is 264 Å². The molecule has 14 heteroatoms. The number of ether oxygens (including phenoxy) is 1. The molecule has 0 saturated carbocycles. The van der Waals surface area contributed by atoms with Gasteiger partial charge in [0.1, 0.15) is 17.4 Å². The van der Waals surface area contributed by atoms with Gasteiger partial charge in [-0.1, -0.05) is 23.8 Å². The molecule has 10 nitrogen and oxygen atoms in total. The van der Waals surface area contributed by atoms with E-state index in [0.717, 1.165) is 21.9 Å². The van der Waals surface area contributed by atoms with Gasteiger partial charge in [-0.2, -0.15) is 5.10 Å². The van der Waals surface area contributed by atoms with E-state index in [1.807, 2.05) is 6.92 Å². The number of fused-ring (bicyclic) bond motifs is 1. The van der Waals surface area contributed by atoms with Crippen LogP contribution in [0.2, 0.25) is 0 Å². The van der Waals surface area contributed by atoms with Crippen molar-refractivity contribution in [2.24, 2.45) is 0 Å². The SMILES string of the molecule is COc1ccc(-c2cnc3c(c2)c(-c2cnn(Cc4cc(F)cc(F)c4)c2)cn3S(=O)(=O)c2ccc(C)cc2)cc1NS(C)(=O)=O. The van der Waals surface area contributed by atoms with Gasteiger partial charge in [0.05, 0.1) is 36.7 Å². The van der Waals surface area contributed by atoms with E-state index in [0.29, 0.717) is 39.0 Å². The molecule has 0 fully saturated rings. The first-order valence-electron chi connectivity index (χ1n) is 13.8. The third-order valence-corrected chi connectivity index (χ3v) is 9.48. The summed E-state index contributed by atoms with van der Waals surface area (Å²) in [7, 11) is -6.28. The van der Waals surface area contributed by atoms with Crippen LogP contribution in [0, 0.1) is 18.6 Å². The largest absolute Gasteiger partial charge is 0.495 e. The van der Waals surface area contributed by atoms with Crippen molar-refractivity contribution in [3.8, 4) is 28.0 Å². The number of benzene rings is 3. The maximum Gasteiger partial charge on any atom is 0.269 e. The maximum atomic E-state index is 13.9. The van der Waals surface area contributed by atoms with E-state index in [1.54, 1.807) is 42.6 Å². The Balaban J connectivity index is 1.50. The third kappa shape index (κ3) is 6.21. The summed E-state index contributed by atoms with van der Waals surface area (Å²) in [5.74, 6) is -1.11. The van der Waals surface area contributed by atoms with Crippen molar-refractivity contribution in [3.63, 3.8) is 0 Å². The molecule has 0 saturated heterocycles. The van der Waals surface area contributed by atoms with Gasteiger partial charge in [-0.05, 0) is 60.5 Å². The van der Waals surface area contributed by atoms with Gasteiger partial charge in [0.2, 0.25) is 10.0 Å². The fourth-order valence-corrected chi connectivity index (χ4v) is 7.00. The van der Waals surface area contributed by atoms with Crippen LogP contribution in [0.25, 0.3) is 33.3 Å². The minimum atomic E-state index is -4.08. The van der Waals surface area contributed by atoms with Crippen LogP contribution in [0.15, 0.2) is 96.4 Å². The lowest BCUT2D eigenvalue weighted by atomic mass is 10.0. The van der Waals surface area contributed by atoms with Crippen LogP contribution in [0.5, 0.6) is 5.75 Å². The summed E-state index contributed by atoms with van der Waals surface area (Å²) in [5.41, 5.74) is 3.81. The smallest absolute Gasteiger partial charge is 0.269 e. The number of hydrogen-bond acceptors (Lipinski definition) is 7. The van der Waals surface area contributed by atoms with Gasteiger partial charge < -0.3 is 4.74 Å². The molecule has 46 heavy (non-hydrogen) atoms. The van der Waals surface area contributed by atoms with Crippen molar-refractivity contribution in [2.45, 2.75) is 18.4 Å². The molecule has 6 aromatic rings. The van der Waals surface area contributed by atoms with Gasteiger partial charge in [-0.15, -0.1) is 0 Å². The van der Waals surface area contributed by atoms with Gasteiger partial charge in [0.25, 0.3) is 10.0 Å². The Morgan fingerprint density at radius 3 is 2.24 bits per heavy atom. The molecule has 3 aromatic heterocycles. The summed E-state index contributed by atoms with van der Waals surface area (Å²) < 4.78 is 89.7. The summed E-state index contributed by atoms with van der Waals surface area (Å²) in [5, 5.41) is 4.82. The molecule has 0 radical (unpaired) electrons. The molecule has 0 aliphatic carbocycles. The minimum absolute atomic E-state index is 0.0699. The number of hydrogen-bond donors (Lipinski definition) is 1. The van der Waals surface area contributed by atoms with Crippen molar-refractivity contribution in [1.82, 2.24) is 18.7 Å². The highest BCUT2D eigenvalue weighted by atomic mass is 32.2. The maximum absolute atomic E-state index is 13.9. The van der Waals surface area contributed by atoms with E-state index in [1.165, 1.54) is 54.6 Å². The van der Waals surface area contributed by atoms with E-state index >= 15 is 0 Å². The average molecular weight is 664 g/mol. The standard InChI is InChI=1S/C32H27F2N5O5S2/c1-20-4-7-27(8-5-20)46(42,43)39-19-29(24-16-36-38(18-24)17-21-10-25(33)14-26(34)11-21)28-12-23(15-35-32(28)39)22-6-9-31(44-2)30(13-22)37-45(3,40)41/h4-16,18-19,37H,17H2,1-3H3. The van der Waals surface area contributed by atoms with Crippen LogP contribution in [-0.4, -0.2) is 48.9 Å². The number of aryl methyl sites for hydroxylation is 1. The van der Waals surface area contributed by atoms with E-state index in [4.69, 9.17) is 4.74 Å². The fourth-order valence-electron chi connectivity index (χ4n) is 5.12. The Hall–Kier alpha value is -5.08. The molecule has 0 unspecified atom stereocenters. The monoisotopic (exact) mass is 663 g/mol. The molecule has 0 bridgehead atoms. The van der Waals surface area contributed by atoms with Crippen LogP contribution in [0.3, 0.4) is 0 Å². The highest BCUT2D eigenvalue weighted by Gasteiger charge is 2.24. The lowest BCUT2D eigenvalue weighted by Gasteiger charge is -2.12. The van der Waals surface area contributed by atoms with Crippen LogP contribution in [0.1, 0.15) is 11.1 Å². The van der Waals surface area contributed by atoms with Crippen LogP contribution < -0.4 is 9.46 Å². The lowest BCUT2D eigenvalue weighted by molar-refractivity contribution is 0.417. The number of rotatable bonds is 9. The minimum Gasteiger partial charge on any atom is -0.495 e. The fraction of sp³-hybridized carbons (Fsp3) is 0.125. The second-order valence-electron chi connectivity index (χ2n) is 10.7. The Morgan fingerprint density at radius 2 is 1.57 bits per heavy atom. The Kier molecular flexibility index (Phi) is 7.86. The van der Waals surface area contributed by atoms with Crippen molar-refractivity contribution >= 4 is 36.8 Å². The first-order chi connectivity index (χ1) is 21.8. The molecule has 3 aromatic carbocycles. The molecule has 6 rings (SSSR count). The van der Waals surface area contributed by atoms with Crippen LogP contribution in [0.4, 0.5) is 14.5 Å². The first-order valence-corrected chi connectivity index (χ1v) is 17.1. The second kappa shape index (κ2) is 11.7. The zero-order valence-corrected chi connectivity index (χ0v) is 26.4. The average Bonchev–Trinajstić information content (AvgIpc) is 3.60. The Bertz CT molecular complexity index is 2310. The van der Waals surface area contributed by atoms with E-state index in [2.05, 4.69) is 14.8 Å². The highest BCUT2D eigenvalue weighted by molar-refractivity contribution is 7.92. The van der Waals surface area contributed by atoms with Gasteiger partial charge in [0.15, 0.2) is 5.65 Å². The predicted octanol–water partition coefficient (Wildman–Crippen LogP) is 5.82. The van der Waals surface area contributed by atoms with E-state index in [9.17, 15) is 25.6 Å². The van der Waals surface area contributed by atoms with E-state index in [-0.39, 0.29) is 22.8 Å². The number of sulfonamides is 1. The number of pyridine rings is 1. The summed E-state index contributed by atoms with van der Waals surface area (Å²) >= 11 is 0. The molecule has 236 valence electrons. The topological polar surface area (TPSA) is 125 Å². The highest BCUT2D eigenvalue weighted by Crippen LogP contribution is 2.36. The summed E-state index contributed by atoms with van der Waals surface area (Å²) in [6.45, 7) is 1.93. The number of nitrogens with zero attached hydrogens (tertiary/aromatic N) is 4. The molecule has 0 spiro atoms. The molecule has 3 heterocycles. The van der Waals surface area contributed by atoms with Gasteiger partial charge in [-0.25, -0.2) is 34.6 Å². The normalized spacial score (nSPS) is 12.0. The zero-order valence-electron chi connectivity index (χ0n) is 24.8. The molecule has 0 aliphatic rings. The lowest BCUT2D eigenvalue weighted by Crippen LogP contribution is -2.12. The number of anilines is 1. The molecule has 0 amide bonds. The molecule has 0 aliphatic heterocycles. The first kappa shape index (κ1) is 30.9. The molecular formula is C32H27F2N5O5S2. The Morgan fingerprint density at radius 1 is 0.848 bits per heavy atom. The molecule has 0 atom stereocenters. The summed E-state index contributed by atoms with van der Waals surface area (Å²) in [6.07, 6.45) is 7.17. The number of aromatic nitrogens is 4. The predicted molar refractivity (Wildman–Crippen MR) is 171 cm³/mol. The van der Waals surface area contributed by atoms with Crippen LogP contribution >= 0.6 is 0 Å². The zero-order chi connectivity index (χ0) is 32.8. The van der Waals surface area contributed by atoms with Crippen molar-refractivity contribution in [2.75, 3.05) is 18.1 Å². The van der Waals surface area contributed by atoms with Gasteiger partial charge >= 0.3 is 0 Å². The van der Waals surface area contributed by atoms with Gasteiger partial charge in [0, 0.05) is 46.7 Å². The van der Waals surface area contributed by atoms with Crippen molar-refractivity contribution in [1.29, 1.82) is 0 Å². The summed E-state index contributed by atoms with van der Waals surface area (Å²) in [6, 6.07) is 16.3. The van der Waals surface area contributed by atoms with E-state index < -0.39 is 31.7 Å². The van der Waals surface area contributed by atoms with Crippen LogP contribution in [-0.2, 0) is 26.6 Å². The summed E-state index contributed by atoms with van der Waals surface area (Å²) in [4.78, 5) is 4.63. The number of halogens is 2. The third-order valence-electron chi connectivity index (χ3n) is 7.23.